The monoisotopic (exact) mass is 334 g/mol. The van der Waals surface area contributed by atoms with Gasteiger partial charge in [-0.05, 0) is 36.6 Å². The molecule has 0 aliphatic carbocycles. The normalized spacial score (nSPS) is 14.6. The van der Waals surface area contributed by atoms with Gasteiger partial charge in [-0.15, -0.1) is 0 Å². The van der Waals surface area contributed by atoms with E-state index in [4.69, 9.17) is 0 Å². The first kappa shape index (κ1) is 17.0. The molecule has 1 heterocycles. The highest BCUT2D eigenvalue weighted by molar-refractivity contribution is 6.11. The number of rotatable bonds is 4. The molecule has 1 atom stereocenters. The first-order valence-electron chi connectivity index (χ1n) is 8.43. The zero-order chi connectivity index (χ0) is 18.1. The van der Waals surface area contributed by atoms with Crippen molar-refractivity contribution in [1.29, 1.82) is 0 Å². The third kappa shape index (κ3) is 3.07. The molecule has 1 aliphatic heterocycles. The van der Waals surface area contributed by atoms with Gasteiger partial charge in [0.2, 0.25) is 5.91 Å². The Morgan fingerprint density at radius 1 is 1.00 bits per heavy atom. The van der Waals surface area contributed by atoms with E-state index in [1.54, 1.807) is 13.0 Å². The largest absolute Gasteiger partial charge is 0.324 e. The summed E-state index contributed by atoms with van der Waals surface area (Å²) in [5, 5.41) is 2.88. The molecular weight excluding hydrogens is 312 g/mol. The van der Waals surface area contributed by atoms with Gasteiger partial charge in [-0.3, -0.25) is 14.5 Å². The molecule has 2 amide bonds. The van der Waals surface area contributed by atoms with Gasteiger partial charge in [0.05, 0.1) is 0 Å². The Balaban J connectivity index is 1.75. The molecule has 3 rings (SSSR count). The van der Waals surface area contributed by atoms with E-state index in [1.165, 1.54) is 10.5 Å². The first-order valence-corrected chi connectivity index (χ1v) is 8.43. The fourth-order valence-corrected chi connectivity index (χ4v) is 3.03. The van der Waals surface area contributed by atoms with Crippen molar-refractivity contribution in [2.75, 3.05) is 5.32 Å². The Morgan fingerprint density at radius 3 is 2.16 bits per heavy atom. The zero-order valence-electron chi connectivity index (χ0n) is 14.7. The zero-order valence-corrected chi connectivity index (χ0v) is 14.7. The van der Waals surface area contributed by atoms with Crippen LogP contribution >= 0.6 is 0 Å². The molecule has 128 valence electrons. The lowest BCUT2D eigenvalue weighted by molar-refractivity contribution is -0.119. The van der Waals surface area contributed by atoms with E-state index in [2.05, 4.69) is 25.7 Å². The van der Waals surface area contributed by atoms with Crippen molar-refractivity contribution in [1.82, 2.24) is 4.90 Å². The number of carbonyl (C=O) groups excluding carboxylic acids is 2. The van der Waals surface area contributed by atoms with Gasteiger partial charge in [-0.1, -0.05) is 50.8 Å². The number of carbonyl (C=O) groups is 2. The van der Waals surface area contributed by atoms with Crippen molar-refractivity contribution >= 4 is 23.2 Å². The van der Waals surface area contributed by atoms with Crippen LogP contribution in [0, 0.1) is 0 Å². The second-order valence-electron chi connectivity index (χ2n) is 6.61. The van der Waals surface area contributed by atoms with Gasteiger partial charge in [-0.2, -0.15) is 0 Å². The minimum atomic E-state index is -0.642. The summed E-state index contributed by atoms with van der Waals surface area (Å²) in [5.74, 6) is 0.0192. The third-order valence-corrected chi connectivity index (χ3v) is 4.59. The molecule has 2 aromatic rings. The smallest absolute Gasteiger partial charge is 0.259 e. The fraction of sp³-hybridized carbons (Fsp3) is 0.238. The maximum absolute atomic E-state index is 12.6. The first-order chi connectivity index (χ1) is 11.9. The van der Waals surface area contributed by atoms with Crippen LogP contribution in [0.4, 0.5) is 5.69 Å². The summed E-state index contributed by atoms with van der Waals surface area (Å²) in [6, 6.07) is 14.4. The van der Waals surface area contributed by atoms with Gasteiger partial charge in [0.1, 0.15) is 6.04 Å². The van der Waals surface area contributed by atoms with E-state index < -0.39 is 6.04 Å². The molecule has 4 heteroatoms. The Labute approximate surface area is 148 Å². The van der Waals surface area contributed by atoms with Crippen LogP contribution in [-0.2, 0) is 4.79 Å². The van der Waals surface area contributed by atoms with Crippen LogP contribution in [0.1, 0.15) is 48.2 Å². The number of amides is 2. The van der Waals surface area contributed by atoms with Crippen LogP contribution < -0.4 is 5.32 Å². The Bertz CT molecular complexity index is 802. The van der Waals surface area contributed by atoms with Crippen LogP contribution in [0.25, 0.3) is 5.70 Å². The lowest BCUT2D eigenvalue weighted by Crippen LogP contribution is -2.41. The van der Waals surface area contributed by atoms with Gasteiger partial charge in [0.25, 0.3) is 5.91 Å². The molecule has 0 fully saturated rings. The second-order valence-corrected chi connectivity index (χ2v) is 6.61. The van der Waals surface area contributed by atoms with E-state index in [0.717, 1.165) is 11.3 Å². The van der Waals surface area contributed by atoms with Crippen molar-refractivity contribution in [2.45, 2.75) is 32.7 Å². The van der Waals surface area contributed by atoms with Gasteiger partial charge < -0.3 is 5.32 Å². The molecule has 0 bridgehead atoms. The van der Waals surface area contributed by atoms with E-state index in [9.17, 15) is 9.59 Å². The summed E-state index contributed by atoms with van der Waals surface area (Å²) in [6.07, 6.45) is 0. The summed E-state index contributed by atoms with van der Waals surface area (Å²) in [6.45, 7) is 9.95. The van der Waals surface area contributed by atoms with Crippen molar-refractivity contribution in [3.05, 3.63) is 71.8 Å². The van der Waals surface area contributed by atoms with Gasteiger partial charge in [0, 0.05) is 22.5 Å². The predicted octanol–water partition coefficient (Wildman–Crippen LogP) is 4.26. The number of fused-ring (bicyclic) bond motifs is 1. The van der Waals surface area contributed by atoms with E-state index in [-0.39, 0.29) is 11.8 Å². The van der Waals surface area contributed by atoms with E-state index in [1.807, 2.05) is 42.5 Å². The number of hydrogen-bond donors (Lipinski definition) is 1. The lowest BCUT2D eigenvalue weighted by atomic mass is 10.0. The van der Waals surface area contributed by atoms with Gasteiger partial charge in [0.15, 0.2) is 0 Å². The van der Waals surface area contributed by atoms with Crippen molar-refractivity contribution in [2.24, 2.45) is 0 Å². The topological polar surface area (TPSA) is 49.4 Å². The van der Waals surface area contributed by atoms with Gasteiger partial charge in [-0.25, -0.2) is 0 Å². The van der Waals surface area contributed by atoms with E-state index >= 15 is 0 Å². The van der Waals surface area contributed by atoms with Gasteiger partial charge >= 0.3 is 0 Å². The number of nitrogens with one attached hydrogen (secondary N) is 1. The fourth-order valence-electron chi connectivity index (χ4n) is 3.03. The standard InChI is InChI=1S/C21H22N2O2/c1-13(2)16-9-11-17(12-10-16)22-20(24)15(4)23-14(3)18-7-5-6-8-19(18)21(23)25/h5-13,15H,3H2,1-2,4H3,(H,22,24). The molecule has 0 aromatic heterocycles. The average molecular weight is 334 g/mol. The number of nitrogens with zero attached hydrogens (tertiary/aromatic N) is 1. The summed E-state index contributed by atoms with van der Waals surface area (Å²) < 4.78 is 0. The molecule has 1 N–H and O–H groups in total. The van der Waals surface area contributed by atoms with Crippen LogP contribution in [0.2, 0.25) is 0 Å². The van der Waals surface area contributed by atoms with Crippen LogP contribution in [0.5, 0.6) is 0 Å². The number of hydrogen-bond acceptors (Lipinski definition) is 2. The number of anilines is 1. The summed E-state index contributed by atoms with van der Waals surface area (Å²) in [7, 11) is 0. The Hall–Kier alpha value is -2.88. The summed E-state index contributed by atoms with van der Waals surface area (Å²) in [4.78, 5) is 26.7. The SMILES string of the molecule is C=C1c2ccccc2C(=O)N1C(C)C(=O)Nc1ccc(C(C)C)cc1. The van der Waals surface area contributed by atoms with Crippen LogP contribution in [0.15, 0.2) is 55.1 Å². The third-order valence-electron chi connectivity index (χ3n) is 4.59. The molecule has 0 saturated carbocycles. The molecule has 0 saturated heterocycles. The van der Waals surface area contributed by atoms with Crippen molar-refractivity contribution in [3.63, 3.8) is 0 Å². The predicted molar refractivity (Wildman–Crippen MR) is 100 cm³/mol. The summed E-state index contributed by atoms with van der Waals surface area (Å²) in [5.41, 5.74) is 3.88. The Kier molecular flexibility index (Phi) is 4.45. The quantitative estimate of drug-likeness (QED) is 0.908. The molecule has 0 radical (unpaired) electrons. The van der Waals surface area contributed by atoms with Crippen LogP contribution in [-0.4, -0.2) is 22.8 Å². The molecule has 1 aliphatic rings. The molecule has 4 nitrogen and oxygen atoms in total. The summed E-state index contributed by atoms with van der Waals surface area (Å²) >= 11 is 0. The maximum atomic E-state index is 12.6. The highest BCUT2D eigenvalue weighted by atomic mass is 16.2. The van der Waals surface area contributed by atoms with Crippen molar-refractivity contribution < 1.29 is 9.59 Å². The maximum Gasteiger partial charge on any atom is 0.259 e. The van der Waals surface area contributed by atoms with Crippen LogP contribution in [0.3, 0.4) is 0 Å². The van der Waals surface area contributed by atoms with Crippen molar-refractivity contribution in [3.8, 4) is 0 Å². The molecule has 2 aromatic carbocycles. The minimum absolute atomic E-state index is 0.182. The minimum Gasteiger partial charge on any atom is -0.324 e. The Morgan fingerprint density at radius 2 is 1.60 bits per heavy atom. The molecule has 0 spiro atoms. The second kappa shape index (κ2) is 6.55. The lowest BCUT2D eigenvalue weighted by Gasteiger charge is -2.24. The molecule has 25 heavy (non-hydrogen) atoms. The van der Waals surface area contributed by atoms with E-state index in [0.29, 0.717) is 17.2 Å². The highest BCUT2D eigenvalue weighted by Crippen LogP contribution is 2.33. The molecular formula is C21H22N2O2. The highest BCUT2D eigenvalue weighted by Gasteiger charge is 2.36. The average Bonchev–Trinajstić information content (AvgIpc) is 2.86. The number of benzene rings is 2. The molecule has 1 unspecified atom stereocenters.